The van der Waals surface area contributed by atoms with Crippen LogP contribution < -0.4 is 5.32 Å². The Morgan fingerprint density at radius 2 is 1.80 bits per heavy atom. The van der Waals surface area contributed by atoms with Gasteiger partial charge in [-0.2, -0.15) is 13.2 Å². The molecule has 20 heavy (non-hydrogen) atoms. The van der Waals surface area contributed by atoms with Crippen LogP contribution in [0.15, 0.2) is 30.3 Å². The van der Waals surface area contributed by atoms with Gasteiger partial charge in [0.1, 0.15) is 0 Å². The number of nitrogens with one attached hydrogen (secondary N) is 1. The largest absolute Gasteiger partial charge is 0.471 e. The standard InChI is InChI=1S/C13H13ClF3NO2/c14-8-11(19)10(18-12(20)13(15,16)17)7-6-9-4-2-1-3-5-9/h1-5,10H,6-8H2,(H,18,20). The molecule has 0 aliphatic carbocycles. The van der Waals surface area contributed by atoms with Gasteiger partial charge in [-0.05, 0) is 18.4 Å². The molecule has 110 valence electrons. The first-order chi connectivity index (χ1) is 9.34. The van der Waals surface area contributed by atoms with E-state index < -0.39 is 29.8 Å². The quantitative estimate of drug-likeness (QED) is 0.821. The SMILES string of the molecule is O=C(CCl)C(CCc1ccccc1)NC(=O)C(F)(F)F. The minimum absolute atomic E-state index is 0.0669. The maximum atomic E-state index is 12.2. The van der Waals surface area contributed by atoms with E-state index in [1.807, 2.05) is 0 Å². The molecule has 7 heteroatoms. The highest BCUT2D eigenvalue weighted by Gasteiger charge is 2.40. The van der Waals surface area contributed by atoms with Crippen molar-refractivity contribution in [3.63, 3.8) is 0 Å². The number of alkyl halides is 4. The van der Waals surface area contributed by atoms with Crippen molar-refractivity contribution < 1.29 is 22.8 Å². The van der Waals surface area contributed by atoms with E-state index in [9.17, 15) is 22.8 Å². The summed E-state index contributed by atoms with van der Waals surface area (Å²) in [6.45, 7) is 0. The number of halogens is 4. The van der Waals surface area contributed by atoms with Crippen LogP contribution in [0.3, 0.4) is 0 Å². The Hall–Kier alpha value is -1.56. The highest BCUT2D eigenvalue weighted by molar-refractivity contribution is 6.28. The van der Waals surface area contributed by atoms with Crippen LogP contribution in [0.4, 0.5) is 13.2 Å². The lowest BCUT2D eigenvalue weighted by Gasteiger charge is -2.17. The van der Waals surface area contributed by atoms with E-state index in [4.69, 9.17) is 11.6 Å². The second kappa shape index (κ2) is 7.28. The molecule has 1 aromatic rings. The summed E-state index contributed by atoms with van der Waals surface area (Å²) < 4.78 is 36.6. The fourth-order valence-corrected chi connectivity index (χ4v) is 1.79. The van der Waals surface area contributed by atoms with Gasteiger partial charge in [-0.15, -0.1) is 11.6 Å². The summed E-state index contributed by atoms with van der Waals surface area (Å²) in [5, 5.41) is 1.68. The van der Waals surface area contributed by atoms with Crippen molar-refractivity contribution in [1.29, 1.82) is 0 Å². The number of hydrogen-bond acceptors (Lipinski definition) is 2. The third kappa shape index (κ3) is 5.21. The average Bonchev–Trinajstić information content (AvgIpc) is 2.42. The van der Waals surface area contributed by atoms with Crippen molar-refractivity contribution in [3.05, 3.63) is 35.9 Å². The molecular weight excluding hydrogens is 295 g/mol. The lowest BCUT2D eigenvalue weighted by Crippen LogP contribution is -2.47. The van der Waals surface area contributed by atoms with E-state index >= 15 is 0 Å². The van der Waals surface area contributed by atoms with Crippen molar-refractivity contribution in [2.24, 2.45) is 0 Å². The number of Topliss-reactive ketones (excluding diaryl/α,β-unsaturated/α-hetero) is 1. The van der Waals surface area contributed by atoms with Gasteiger partial charge >= 0.3 is 12.1 Å². The second-order valence-corrected chi connectivity index (χ2v) is 4.42. The molecule has 0 aliphatic heterocycles. The minimum atomic E-state index is -5.02. The van der Waals surface area contributed by atoms with Gasteiger partial charge in [0.05, 0.1) is 11.9 Å². The third-order valence-corrected chi connectivity index (χ3v) is 2.91. The molecule has 1 atom stereocenters. The van der Waals surface area contributed by atoms with Crippen molar-refractivity contribution in [1.82, 2.24) is 5.32 Å². The fraction of sp³-hybridized carbons (Fsp3) is 0.385. The zero-order chi connectivity index (χ0) is 15.2. The molecule has 1 N–H and O–H groups in total. The number of aryl methyl sites for hydroxylation is 1. The number of rotatable bonds is 6. The van der Waals surface area contributed by atoms with E-state index in [1.54, 1.807) is 35.6 Å². The van der Waals surface area contributed by atoms with Crippen LogP contribution in [-0.2, 0) is 16.0 Å². The summed E-state index contributed by atoms with van der Waals surface area (Å²) in [6.07, 6.45) is -4.58. The van der Waals surface area contributed by atoms with E-state index in [0.717, 1.165) is 5.56 Å². The predicted molar refractivity (Wildman–Crippen MR) is 68.5 cm³/mol. The van der Waals surface area contributed by atoms with Gasteiger partial charge in [-0.3, -0.25) is 9.59 Å². The number of carbonyl (C=O) groups is 2. The Balaban J connectivity index is 2.66. The molecule has 1 aromatic carbocycles. The third-order valence-electron chi connectivity index (χ3n) is 2.65. The van der Waals surface area contributed by atoms with E-state index in [0.29, 0.717) is 6.42 Å². The van der Waals surface area contributed by atoms with Crippen molar-refractivity contribution in [2.45, 2.75) is 25.1 Å². The van der Waals surface area contributed by atoms with Gasteiger partial charge in [0.15, 0.2) is 5.78 Å². The van der Waals surface area contributed by atoms with Crippen LogP contribution in [0.25, 0.3) is 0 Å². The van der Waals surface area contributed by atoms with Gasteiger partial charge in [0.2, 0.25) is 0 Å². The first-order valence-corrected chi connectivity index (χ1v) is 6.38. The highest BCUT2D eigenvalue weighted by atomic mass is 35.5. The summed E-state index contributed by atoms with van der Waals surface area (Å²) in [7, 11) is 0. The Kier molecular flexibility index (Phi) is 6.01. The van der Waals surface area contributed by atoms with Crippen LogP contribution in [0.5, 0.6) is 0 Å². The average molecular weight is 308 g/mol. The van der Waals surface area contributed by atoms with Crippen LogP contribution in [-0.4, -0.2) is 29.8 Å². The predicted octanol–water partition coefficient (Wildman–Crippen LogP) is 2.47. The molecule has 1 unspecified atom stereocenters. The van der Waals surface area contributed by atoms with Crippen LogP contribution in [0, 0.1) is 0 Å². The van der Waals surface area contributed by atoms with E-state index in [2.05, 4.69) is 0 Å². The monoisotopic (exact) mass is 307 g/mol. The van der Waals surface area contributed by atoms with E-state index in [-0.39, 0.29) is 6.42 Å². The highest BCUT2D eigenvalue weighted by Crippen LogP contribution is 2.15. The second-order valence-electron chi connectivity index (χ2n) is 4.15. The maximum absolute atomic E-state index is 12.2. The maximum Gasteiger partial charge on any atom is 0.471 e. The summed E-state index contributed by atoms with van der Waals surface area (Å²) in [5.74, 6) is -3.22. The molecule has 0 radical (unpaired) electrons. The molecule has 0 bridgehead atoms. The molecule has 0 aliphatic rings. The zero-order valence-electron chi connectivity index (χ0n) is 10.4. The first-order valence-electron chi connectivity index (χ1n) is 5.85. The molecule has 0 aromatic heterocycles. The lowest BCUT2D eigenvalue weighted by molar-refractivity contribution is -0.174. The Morgan fingerprint density at radius 1 is 1.20 bits per heavy atom. The van der Waals surface area contributed by atoms with E-state index in [1.165, 1.54) is 0 Å². The number of benzene rings is 1. The molecule has 0 heterocycles. The molecule has 1 amide bonds. The molecule has 0 fully saturated rings. The molecule has 1 rings (SSSR count). The summed E-state index contributed by atoms with van der Waals surface area (Å²) >= 11 is 5.34. The molecule has 0 saturated heterocycles. The van der Waals surface area contributed by atoms with Crippen molar-refractivity contribution >= 4 is 23.3 Å². The number of hydrogen-bond donors (Lipinski definition) is 1. The first kappa shape index (κ1) is 16.5. The van der Waals surface area contributed by atoms with Crippen molar-refractivity contribution in [3.8, 4) is 0 Å². The topological polar surface area (TPSA) is 46.2 Å². The fourth-order valence-electron chi connectivity index (χ4n) is 1.60. The molecule has 0 saturated carbocycles. The Labute approximate surface area is 119 Å². The summed E-state index contributed by atoms with van der Waals surface area (Å²) in [5.41, 5.74) is 0.862. The van der Waals surface area contributed by atoms with Crippen molar-refractivity contribution in [2.75, 3.05) is 5.88 Å². The smallest absolute Gasteiger partial charge is 0.338 e. The summed E-state index contributed by atoms with van der Waals surface area (Å²) in [6, 6.07) is 7.70. The van der Waals surface area contributed by atoms with Crippen LogP contribution in [0.2, 0.25) is 0 Å². The molecular formula is C13H13ClF3NO2. The van der Waals surface area contributed by atoms with Gasteiger partial charge in [0, 0.05) is 0 Å². The summed E-state index contributed by atoms with van der Waals surface area (Å²) in [4.78, 5) is 22.4. The Bertz CT molecular complexity index is 462. The van der Waals surface area contributed by atoms with Gasteiger partial charge in [-0.1, -0.05) is 30.3 Å². The molecule has 0 spiro atoms. The van der Waals surface area contributed by atoms with Crippen LogP contribution in [0.1, 0.15) is 12.0 Å². The lowest BCUT2D eigenvalue weighted by atomic mass is 10.0. The van der Waals surface area contributed by atoms with Gasteiger partial charge in [0.25, 0.3) is 0 Å². The Morgan fingerprint density at radius 3 is 2.30 bits per heavy atom. The van der Waals surface area contributed by atoms with Crippen LogP contribution >= 0.6 is 11.6 Å². The molecule has 3 nitrogen and oxygen atoms in total. The number of carbonyl (C=O) groups excluding carboxylic acids is 2. The van der Waals surface area contributed by atoms with Gasteiger partial charge in [-0.25, -0.2) is 0 Å². The minimum Gasteiger partial charge on any atom is -0.338 e. The normalized spacial score (nSPS) is 12.8. The number of amides is 1. The number of ketones is 1. The zero-order valence-corrected chi connectivity index (χ0v) is 11.2. The van der Waals surface area contributed by atoms with Gasteiger partial charge < -0.3 is 5.32 Å².